The second kappa shape index (κ2) is 4.26. The Hall–Kier alpha value is 0.0969. The summed E-state index contributed by atoms with van der Waals surface area (Å²) in [5.74, 6) is 0. The number of rotatable bonds is 3. The minimum atomic E-state index is -2.69. The highest BCUT2D eigenvalue weighted by Gasteiger charge is 1.97. The topological polar surface area (TPSA) is 49.7 Å². The van der Waals surface area contributed by atoms with Gasteiger partial charge < -0.3 is 14.0 Å². The molecule has 0 aliphatic heterocycles. The predicted molar refractivity (Wildman–Crippen MR) is 27.8 cm³/mol. The Labute approximate surface area is 44.5 Å². The first-order valence-corrected chi connectivity index (χ1v) is 3.75. The first-order chi connectivity index (χ1) is 3.27. The maximum Gasteiger partial charge on any atom is 0.478 e. The molecule has 0 atom stereocenters. The van der Waals surface area contributed by atoms with Gasteiger partial charge in [0.15, 0.2) is 0 Å². The van der Waals surface area contributed by atoms with Crippen molar-refractivity contribution in [3.8, 4) is 0 Å². The van der Waals surface area contributed by atoms with E-state index >= 15 is 0 Å². The second-order valence-electron chi connectivity index (χ2n) is 1.20. The number of hydrogen-bond acceptors (Lipinski definition) is 3. The molecule has 0 aliphatic carbocycles. The Morgan fingerprint density at radius 1 is 1.57 bits per heavy atom. The van der Waals surface area contributed by atoms with E-state index in [0.29, 0.717) is 6.61 Å². The zero-order chi connectivity index (χ0) is 5.70. The minimum absolute atomic E-state index is 0.462. The third-order valence-corrected chi connectivity index (χ3v) is 1.00. The van der Waals surface area contributed by atoms with E-state index in [1.165, 1.54) is 0 Å². The Bertz CT molecular complexity index is 39.2. The lowest BCUT2D eigenvalue weighted by Crippen LogP contribution is -2.16. The van der Waals surface area contributed by atoms with Crippen LogP contribution >= 0.6 is 0 Å². The zero-order valence-corrected chi connectivity index (χ0v) is 5.45. The average molecular weight is 122 g/mol. The summed E-state index contributed by atoms with van der Waals surface area (Å²) in [6.07, 6.45) is 0.838. The van der Waals surface area contributed by atoms with E-state index in [0.717, 1.165) is 6.42 Å². The van der Waals surface area contributed by atoms with E-state index in [9.17, 15) is 0 Å². The highest BCUT2D eigenvalue weighted by atomic mass is 28.3. The van der Waals surface area contributed by atoms with Gasteiger partial charge in [0.05, 0.1) is 0 Å². The Morgan fingerprint density at radius 2 is 2.14 bits per heavy atom. The van der Waals surface area contributed by atoms with E-state index in [2.05, 4.69) is 4.43 Å². The van der Waals surface area contributed by atoms with Gasteiger partial charge >= 0.3 is 9.53 Å². The van der Waals surface area contributed by atoms with Crippen LogP contribution in [0.2, 0.25) is 0 Å². The molecule has 44 valence electrons. The molecule has 0 unspecified atom stereocenters. The van der Waals surface area contributed by atoms with Crippen LogP contribution in [0.1, 0.15) is 13.3 Å². The van der Waals surface area contributed by atoms with Gasteiger partial charge in [-0.15, -0.1) is 0 Å². The van der Waals surface area contributed by atoms with Gasteiger partial charge in [0.2, 0.25) is 0 Å². The summed E-state index contributed by atoms with van der Waals surface area (Å²) in [5, 5.41) is 0. The fraction of sp³-hybridized carbons (Fsp3) is 1.00. The molecule has 0 fully saturated rings. The fourth-order valence-electron chi connectivity index (χ4n) is 0.223. The molecule has 0 aromatic heterocycles. The van der Waals surface area contributed by atoms with E-state index in [4.69, 9.17) is 9.59 Å². The lowest BCUT2D eigenvalue weighted by Gasteiger charge is -1.98. The first kappa shape index (κ1) is 7.10. The van der Waals surface area contributed by atoms with Crippen molar-refractivity contribution in [1.29, 1.82) is 0 Å². The Morgan fingerprint density at radius 3 is 2.29 bits per heavy atom. The van der Waals surface area contributed by atoms with Gasteiger partial charge in [-0.3, -0.25) is 0 Å². The van der Waals surface area contributed by atoms with Crippen LogP contribution in [0.15, 0.2) is 0 Å². The molecule has 0 saturated heterocycles. The molecule has 4 heteroatoms. The summed E-state index contributed by atoms with van der Waals surface area (Å²) in [6.45, 7) is 2.38. The van der Waals surface area contributed by atoms with Gasteiger partial charge in [-0.1, -0.05) is 6.92 Å². The normalized spacial score (nSPS) is 10.3. The molecule has 0 saturated carbocycles. The van der Waals surface area contributed by atoms with Crippen molar-refractivity contribution in [3.05, 3.63) is 0 Å². The van der Waals surface area contributed by atoms with Crippen molar-refractivity contribution in [2.24, 2.45) is 0 Å². The summed E-state index contributed by atoms with van der Waals surface area (Å²) in [6, 6.07) is 0. The molecule has 0 aliphatic rings. The maximum absolute atomic E-state index is 8.16. The van der Waals surface area contributed by atoms with E-state index in [-0.39, 0.29) is 0 Å². The summed E-state index contributed by atoms with van der Waals surface area (Å²) < 4.78 is 4.44. The van der Waals surface area contributed by atoms with Gasteiger partial charge in [0, 0.05) is 6.61 Å². The summed E-state index contributed by atoms with van der Waals surface area (Å²) in [5.41, 5.74) is 0. The molecule has 3 nitrogen and oxygen atoms in total. The second-order valence-corrected chi connectivity index (χ2v) is 2.18. The standard InChI is InChI=1S/C3H10O3Si/c1-2-3-6-7(4)5/h4-5,7H,2-3H2,1H3. The van der Waals surface area contributed by atoms with Gasteiger partial charge in [0.25, 0.3) is 0 Å². The molecule has 7 heavy (non-hydrogen) atoms. The largest absolute Gasteiger partial charge is 0.478 e. The lowest BCUT2D eigenvalue weighted by atomic mass is 10.5. The van der Waals surface area contributed by atoms with Crippen molar-refractivity contribution >= 4 is 9.53 Å². The lowest BCUT2D eigenvalue weighted by molar-refractivity contribution is 0.186. The van der Waals surface area contributed by atoms with Crippen LogP contribution in [-0.2, 0) is 4.43 Å². The highest BCUT2D eigenvalue weighted by Crippen LogP contribution is 1.78. The smallest absolute Gasteiger partial charge is 0.392 e. The average Bonchev–Trinajstić information content (AvgIpc) is 1.61. The van der Waals surface area contributed by atoms with Crippen LogP contribution in [0.3, 0.4) is 0 Å². The Balaban J connectivity index is 2.68. The van der Waals surface area contributed by atoms with E-state index < -0.39 is 9.53 Å². The summed E-state index contributed by atoms with van der Waals surface area (Å²) >= 11 is 0. The van der Waals surface area contributed by atoms with Gasteiger partial charge in [-0.05, 0) is 6.42 Å². The third kappa shape index (κ3) is 6.10. The molecule has 0 rings (SSSR count). The van der Waals surface area contributed by atoms with Gasteiger partial charge in [-0.2, -0.15) is 0 Å². The minimum Gasteiger partial charge on any atom is -0.392 e. The van der Waals surface area contributed by atoms with Crippen LogP contribution in [0.25, 0.3) is 0 Å². The first-order valence-electron chi connectivity index (χ1n) is 2.25. The van der Waals surface area contributed by atoms with Crippen LogP contribution in [0, 0.1) is 0 Å². The number of hydrogen-bond donors (Lipinski definition) is 2. The summed E-state index contributed by atoms with van der Waals surface area (Å²) in [7, 11) is -2.69. The molecule has 0 heterocycles. The van der Waals surface area contributed by atoms with Crippen LogP contribution in [0.4, 0.5) is 0 Å². The molecule has 0 radical (unpaired) electrons. The quantitative estimate of drug-likeness (QED) is 0.478. The van der Waals surface area contributed by atoms with Crippen LogP contribution in [0.5, 0.6) is 0 Å². The fourth-order valence-corrected chi connectivity index (χ4v) is 0.670. The van der Waals surface area contributed by atoms with Crippen molar-refractivity contribution in [3.63, 3.8) is 0 Å². The van der Waals surface area contributed by atoms with Gasteiger partial charge in [-0.25, -0.2) is 0 Å². The molecule has 0 bridgehead atoms. The van der Waals surface area contributed by atoms with Crippen molar-refractivity contribution in [2.45, 2.75) is 13.3 Å². The van der Waals surface area contributed by atoms with Crippen molar-refractivity contribution in [1.82, 2.24) is 0 Å². The molecular formula is C3H10O3Si. The third-order valence-electron chi connectivity index (χ3n) is 0.471. The molecular weight excluding hydrogens is 112 g/mol. The predicted octanol–water partition coefficient (Wildman–Crippen LogP) is -0.885. The van der Waals surface area contributed by atoms with Gasteiger partial charge in [0.1, 0.15) is 0 Å². The molecule has 0 aromatic carbocycles. The molecule has 0 spiro atoms. The summed E-state index contributed by atoms with van der Waals surface area (Å²) in [4.78, 5) is 16.3. The SMILES string of the molecule is CCCO[SiH](O)O. The van der Waals surface area contributed by atoms with Crippen LogP contribution < -0.4 is 0 Å². The van der Waals surface area contributed by atoms with E-state index in [1.54, 1.807) is 0 Å². The monoisotopic (exact) mass is 122 g/mol. The van der Waals surface area contributed by atoms with Crippen molar-refractivity contribution < 1.29 is 14.0 Å². The molecule has 2 N–H and O–H groups in total. The maximum atomic E-state index is 8.16. The van der Waals surface area contributed by atoms with E-state index in [1.807, 2.05) is 6.92 Å². The zero-order valence-electron chi connectivity index (χ0n) is 4.29. The highest BCUT2D eigenvalue weighted by molar-refractivity contribution is 6.32. The molecule has 0 amide bonds. The molecule has 0 aromatic rings. The van der Waals surface area contributed by atoms with Crippen LogP contribution in [-0.4, -0.2) is 25.7 Å². The Kier molecular flexibility index (Phi) is 4.32. The van der Waals surface area contributed by atoms with Crippen molar-refractivity contribution in [2.75, 3.05) is 6.61 Å².